The van der Waals surface area contributed by atoms with E-state index in [9.17, 15) is 21.6 Å². The Morgan fingerprint density at radius 3 is 2.29 bits per heavy atom. The van der Waals surface area contributed by atoms with Crippen molar-refractivity contribution in [2.45, 2.75) is 25.7 Å². The van der Waals surface area contributed by atoms with E-state index in [-0.39, 0.29) is 17.5 Å². The van der Waals surface area contributed by atoms with Gasteiger partial charge in [0.1, 0.15) is 15.6 Å². The van der Waals surface area contributed by atoms with E-state index in [0.717, 1.165) is 5.56 Å². The van der Waals surface area contributed by atoms with Crippen molar-refractivity contribution in [3.63, 3.8) is 0 Å². The average Bonchev–Trinajstić information content (AvgIpc) is 2.32. The van der Waals surface area contributed by atoms with Gasteiger partial charge in [0.25, 0.3) is 0 Å². The first-order valence-corrected chi connectivity index (χ1v) is 8.40. The Bertz CT molecular complexity index is 541. The molecule has 0 aromatic heterocycles. The first-order chi connectivity index (χ1) is 9.57. The number of ether oxygens (including phenoxy) is 1. The zero-order valence-corrected chi connectivity index (χ0v) is 12.6. The van der Waals surface area contributed by atoms with Crippen LogP contribution in [0.5, 0.6) is 5.75 Å². The Morgan fingerprint density at radius 1 is 1.24 bits per heavy atom. The third-order valence-corrected chi connectivity index (χ3v) is 3.79. The molecule has 0 saturated heterocycles. The summed E-state index contributed by atoms with van der Waals surface area (Å²) in [6.45, 7) is 2.36. The summed E-state index contributed by atoms with van der Waals surface area (Å²) < 4.78 is 61.8. The van der Waals surface area contributed by atoms with Crippen LogP contribution in [0.15, 0.2) is 24.3 Å². The lowest BCUT2D eigenvalue weighted by molar-refractivity contribution is -0.274. The predicted octanol–water partition coefficient (Wildman–Crippen LogP) is 2.67. The van der Waals surface area contributed by atoms with Crippen LogP contribution in [-0.2, 0) is 9.84 Å². The fraction of sp³-hybridized carbons (Fsp3) is 0.538. The number of hydrogen-bond donors (Lipinski definition) is 1. The van der Waals surface area contributed by atoms with Crippen molar-refractivity contribution >= 4 is 9.84 Å². The SMILES string of the molecule is CC(NCCCS(C)(=O)=O)c1ccc(OC(F)(F)F)cc1. The van der Waals surface area contributed by atoms with E-state index in [1.165, 1.54) is 30.5 Å². The van der Waals surface area contributed by atoms with E-state index >= 15 is 0 Å². The van der Waals surface area contributed by atoms with Gasteiger partial charge >= 0.3 is 6.36 Å². The number of benzene rings is 1. The average molecular weight is 325 g/mol. The summed E-state index contributed by atoms with van der Waals surface area (Å²) in [7, 11) is -2.97. The van der Waals surface area contributed by atoms with Crippen molar-refractivity contribution in [1.29, 1.82) is 0 Å². The molecule has 0 heterocycles. The predicted molar refractivity (Wildman–Crippen MR) is 73.9 cm³/mol. The number of halogens is 3. The van der Waals surface area contributed by atoms with Gasteiger partial charge in [-0.15, -0.1) is 13.2 Å². The first-order valence-electron chi connectivity index (χ1n) is 6.34. The Balaban J connectivity index is 2.46. The van der Waals surface area contributed by atoms with E-state index < -0.39 is 16.2 Å². The fourth-order valence-corrected chi connectivity index (χ4v) is 2.40. The van der Waals surface area contributed by atoms with Crippen LogP contribution >= 0.6 is 0 Å². The van der Waals surface area contributed by atoms with Gasteiger partial charge in [-0.1, -0.05) is 12.1 Å². The zero-order valence-electron chi connectivity index (χ0n) is 11.8. The fourth-order valence-electron chi connectivity index (χ4n) is 1.73. The molecule has 1 atom stereocenters. The Labute approximate surface area is 122 Å². The molecule has 1 aromatic rings. The van der Waals surface area contributed by atoms with Crippen molar-refractivity contribution < 1.29 is 26.3 Å². The van der Waals surface area contributed by atoms with Gasteiger partial charge in [0.05, 0.1) is 5.75 Å². The van der Waals surface area contributed by atoms with Gasteiger partial charge in [0.15, 0.2) is 0 Å². The molecule has 1 N–H and O–H groups in total. The van der Waals surface area contributed by atoms with Crippen molar-refractivity contribution in [2.75, 3.05) is 18.6 Å². The molecular formula is C13H18F3NO3S. The molecule has 21 heavy (non-hydrogen) atoms. The molecule has 1 unspecified atom stereocenters. The lowest BCUT2D eigenvalue weighted by Crippen LogP contribution is -2.22. The number of rotatable bonds is 7. The molecule has 0 aliphatic rings. The van der Waals surface area contributed by atoms with Gasteiger partial charge in [-0.2, -0.15) is 0 Å². The highest BCUT2D eigenvalue weighted by molar-refractivity contribution is 7.90. The van der Waals surface area contributed by atoms with Crippen LogP contribution in [0, 0.1) is 0 Å². The zero-order chi connectivity index (χ0) is 16.1. The van der Waals surface area contributed by atoms with Crippen molar-refractivity contribution in [2.24, 2.45) is 0 Å². The highest BCUT2D eigenvalue weighted by atomic mass is 32.2. The van der Waals surface area contributed by atoms with Crippen molar-refractivity contribution in [3.8, 4) is 5.75 Å². The van der Waals surface area contributed by atoms with E-state index in [2.05, 4.69) is 10.1 Å². The molecule has 0 amide bonds. The second-order valence-electron chi connectivity index (χ2n) is 4.78. The summed E-state index contributed by atoms with van der Waals surface area (Å²) in [5.74, 6) is -0.166. The van der Waals surface area contributed by atoms with Crippen molar-refractivity contribution in [3.05, 3.63) is 29.8 Å². The lowest BCUT2D eigenvalue weighted by Gasteiger charge is -2.15. The third kappa shape index (κ3) is 7.91. The molecule has 8 heteroatoms. The minimum atomic E-state index is -4.70. The van der Waals surface area contributed by atoms with Gasteiger partial charge in [0, 0.05) is 12.3 Å². The largest absolute Gasteiger partial charge is 0.573 e. The molecule has 0 radical (unpaired) electrons. The van der Waals surface area contributed by atoms with Crippen LogP contribution in [0.4, 0.5) is 13.2 Å². The van der Waals surface area contributed by atoms with E-state index in [1.54, 1.807) is 0 Å². The van der Waals surface area contributed by atoms with Crippen LogP contribution in [-0.4, -0.2) is 33.3 Å². The molecule has 0 aliphatic carbocycles. The summed E-state index contributed by atoms with van der Waals surface area (Å²) in [6.07, 6.45) is -3.04. The molecule has 0 aliphatic heterocycles. The minimum Gasteiger partial charge on any atom is -0.406 e. The van der Waals surface area contributed by atoms with E-state index in [4.69, 9.17) is 0 Å². The highest BCUT2D eigenvalue weighted by Crippen LogP contribution is 2.24. The third-order valence-electron chi connectivity index (χ3n) is 2.76. The lowest BCUT2D eigenvalue weighted by atomic mass is 10.1. The van der Waals surface area contributed by atoms with Gasteiger partial charge < -0.3 is 10.1 Å². The Hall–Kier alpha value is -1.28. The van der Waals surface area contributed by atoms with E-state index in [1.807, 2.05) is 6.92 Å². The second kappa shape index (κ2) is 7.13. The first kappa shape index (κ1) is 17.8. The maximum atomic E-state index is 12.0. The highest BCUT2D eigenvalue weighted by Gasteiger charge is 2.30. The van der Waals surface area contributed by atoms with Gasteiger partial charge in [0.2, 0.25) is 0 Å². The topological polar surface area (TPSA) is 55.4 Å². The minimum absolute atomic E-state index is 0.0931. The molecule has 4 nitrogen and oxygen atoms in total. The van der Waals surface area contributed by atoms with Gasteiger partial charge in [-0.3, -0.25) is 0 Å². The maximum Gasteiger partial charge on any atom is 0.573 e. The quantitative estimate of drug-likeness (QED) is 0.783. The molecule has 120 valence electrons. The van der Waals surface area contributed by atoms with Crippen molar-refractivity contribution in [1.82, 2.24) is 5.32 Å². The number of hydrogen-bond acceptors (Lipinski definition) is 4. The maximum absolute atomic E-state index is 12.0. The number of sulfone groups is 1. The summed E-state index contributed by atoms with van der Waals surface area (Å²) in [5, 5.41) is 3.11. The van der Waals surface area contributed by atoms with Crippen LogP contribution in [0.25, 0.3) is 0 Å². The standard InChI is InChI=1S/C13H18F3NO3S/c1-10(17-8-3-9-21(2,18)19)11-4-6-12(7-5-11)20-13(14,15)16/h4-7,10,17H,3,8-9H2,1-2H3. The second-order valence-corrected chi connectivity index (χ2v) is 7.04. The summed E-state index contributed by atoms with van der Waals surface area (Å²) in [4.78, 5) is 0. The molecule has 1 rings (SSSR count). The molecule has 0 bridgehead atoms. The summed E-state index contributed by atoms with van der Waals surface area (Å²) in [5.41, 5.74) is 0.795. The summed E-state index contributed by atoms with van der Waals surface area (Å²) in [6, 6.07) is 5.48. The summed E-state index contributed by atoms with van der Waals surface area (Å²) >= 11 is 0. The van der Waals surface area contributed by atoms with E-state index in [0.29, 0.717) is 13.0 Å². The Kier molecular flexibility index (Phi) is 6.03. The molecule has 1 aromatic carbocycles. The smallest absolute Gasteiger partial charge is 0.406 e. The van der Waals surface area contributed by atoms with Crippen LogP contribution < -0.4 is 10.1 Å². The Morgan fingerprint density at radius 2 is 1.81 bits per heavy atom. The molecule has 0 spiro atoms. The number of alkyl halides is 3. The molecule has 0 fully saturated rings. The van der Waals surface area contributed by atoms with Gasteiger partial charge in [-0.05, 0) is 37.6 Å². The molecule has 0 saturated carbocycles. The monoisotopic (exact) mass is 325 g/mol. The molecular weight excluding hydrogens is 307 g/mol. The van der Waals surface area contributed by atoms with Crippen LogP contribution in [0.2, 0.25) is 0 Å². The van der Waals surface area contributed by atoms with Crippen LogP contribution in [0.1, 0.15) is 24.9 Å². The van der Waals surface area contributed by atoms with Gasteiger partial charge in [-0.25, -0.2) is 8.42 Å². The normalized spacial score (nSPS) is 14.0. The van der Waals surface area contributed by atoms with Crippen LogP contribution in [0.3, 0.4) is 0 Å². The number of nitrogens with one attached hydrogen (secondary N) is 1.